The van der Waals surface area contributed by atoms with Crippen molar-refractivity contribution >= 4 is 13.5 Å². The Bertz CT molecular complexity index is 702. The van der Waals surface area contributed by atoms with E-state index < -0.39 is 7.75 Å². The molecular formula is C15H18NO5P. The highest BCUT2D eigenvalue weighted by molar-refractivity contribution is 7.50. The molecule has 0 spiro atoms. The van der Waals surface area contributed by atoms with E-state index in [1.54, 1.807) is 18.2 Å². The van der Waals surface area contributed by atoms with Gasteiger partial charge in [-0.2, -0.15) is 4.76 Å². The summed E-state index contributed by atoms with van der Waals surface area (Å²) in [6.45, 7) is 1.93. The normalized spacial score (nSPS) is 18.8. The van der Waals surface area contributed by atoms with Gasteiger partial charge in [-0.15, -0.1) is 0 Å². The van der Waals surface area contributed by atoms with Crippen molar-refractivity contribution in [3.63, 3.8) is 0 Å². The molecule has 0 aliphatic heterocycles. The van der Waals surface area contributed by atoms with E-state index in [0.717, 1.165) is 5.56 Å². The smallest absolute Gasteiger partial charge is 0.448 e. The Morgan fingerprint density at radius 3 is 2.68 bits per heavy atom. The van der Waals surface area contributed by atoms with E-state index in [4.69, 9.17) is 9.79 Å². The predicted octanol–water partition coefficient (Wildman–Crippen LogP) is 3.19. The van der Waals surface area contributed by atoms with Crippen LogP contribution in [0.1, 0.15) is 31.2 Å². The molecule has 1 aliphatic rings. The van der Waals surface area contributed by atoms with Gasteiger partial charge in [-0.05, 0) is 47.8 Å². The molecule has 22 heavy (non-hydrogen) atoms. The highest BCUT2D eigenvalue weighted by Crippen LogP contribution is 2.39. The van der Waals surface area contributed by atoms with Gasteiger partial charge in [0.2, 0.25) is 0 Å². The summed E-state index contributed by atoms with van der Waals surface area (Å²) in [6.07, 6.45) is 3.55. The molecule has 0 fully saturated rings. The number of nitrogens with zero attached hydrogens (tertiary/aromatic N) is 1. The summed E-state index contributed by atoms with van der Waals surface area (Å²) in [5.41, 5.74) is 1.75. The lowest BCUT2D eigenvalue weighted by atomic mass is 9.89. The Balaban J connectivity index is 2.26. The topological polar surface area (TPSA) is 110 Å². The van der Waals surface area contributed by atoms with Crippen molar-refractivity contribution in [2.45, 2.75) is 25.7 Å². The number of rotatable bonds is 4. The van der Waals surface area contributed by atoms with Crippen LogP contribution in [0, 0.1) is 0 Å². The fourth-order valence-corrected chi connectivity index (χ4v) is 2.90. The molecule has 0 heterocycles. The molecule has 118 valence electrons. The first-order chi connectivity index (χ1) is 10.2. The number of aromatic hydroxyl groups is 1. The minimum Gasteiger partial charge on any atom is -0.508 e. The zero-order valence-electron chi connectivity index (χ0n) is 12.0. The second kappa shape index (κ2) is 6.48. The minimum atomic E-state index is -4.52. The lowest BCUT2D eigenvalue weighted by Crippen LogP contribution is -2.10. The Morgan fingerprint density at radius 1 is 1.32 bits per heavy atom. The lowest BCUT2D eigenvalue weighted by Gasteiger charge is -2.19. The standard InChI is InChI=1S/C15H18NO5P/c1-10(11-3-2-4-13(17)8-11)7-12-9-14(18)5-6-15(12)16-22(19,20)21/h2-5,8-10,17-18H,6-7H2,1H3,(H2,19,20,21). The van der Waals surface area contributed by atoms with E-state index in [1.807, 2.05) is 13.0 Å². The lowest BCUT2D eigenvalue weighted by molar-refractivity contribution is 0.375. The molecule has 1 atom stereocenters. The van der Waals surface area contributed by atoms with Crippen molar-refractivity contribution in [2.24, 2.45) is 4.76 Å². The van der Waals surface area contributed by atoms with Crippen molar-refractivity contribution in [2.75, 3.05) is 0 Å². The molecule has 7 heteroatoms. The number of aliphatic hydroxyl groups is 1. The Kier molecular flexibility index (Phi) is 4.86. The van der Waals surface area contributed by atoms with Crippen LogP contribution < -0.4 is 0 Å². The summed E-state index contributed by atoms with van der Waals surface area (Å²) in [6, 6.07) is 6.82. The Hall–Kier alpha value is -1.88. The second-order valence-corrected chi connectivity index (χ2v) is 6.49. The van der Waals surface area contributed by atoms with E-state index in [2.05, 4.69) is 4.76 Å². The average molecular weight is 323 g/mol. The van der Waals surface area contributed by atoms with E-state index >= 15 is 0 Å². The number of hydrogen-bond acceptors (Lipinski definition) is 3. The molecule has 0 amide bonds. The van der Waals surface area contributed by atoms with Crippen LogP contribution in [0.4, 0.5) is 0 Å². The Morgan fingerprint density at radius 2 is 2.05 bits per heavy atom. The molecule has 4 N–H and O–H groups in total. The van der Waals surface area contributed by atoms with Gasteiger partial charge in [0.25, 0.3) is 0 Å². The number of phenolic OH excluding ortho intramolecular Hbond substituents is 1. The molecule has 2 rings (SSSR count). The van der Waals surface area contributed by atoms with Crippen molar-refractivity contribution in [1.29, 1.82) is 0 Å². The van der Waals surface area contributed by atoms with Gasteiger partial charge in [-0.1, -0.05) is 19.1 Å². The summed E-state index contributed by atoms with van der Waals surface area (Å²) in [5.74, 6) is 0.211. The third-order valence-corrected chi connectivity index (χ3v) is 3.92. The fraction of sp³-hybridized carbons (Fsp3) is 0.267. The number of phenols is 1. The van der Waals surface area contributed by atoms with Gasteiger partial charge < -0.3 is 20.0 Å². The summed E-state index contributed by atoms with van der Waals surface area (Å²) < 4.78 is 14.5. The van der Waals surface area contributed by atoms with E-state index in [-0.39, 0.29) is 29.6 Å². The molecule has 0 saturated heterocycles. The largest absolute Gasteiger partial charge is 0.508 e. The Labute approximate surface area is 128 Å². The summed E-state index contributed by atoms with van der Waals surface area (Å²) in [7, 11) is -4.52. The molecule has 1 unspecified atom stereocenters. The third-order valence-electron chi connectivity index (χ3n) is 3.41. The van der Waals surface area contributed by atoms with Crippen LogP contribution in [-0.2, 0) is 4.57 Å². The molecular weight excluding hydrogens is 305 g/mol. The third kappa shape index (κ3) is 4.56. The first-order valence-corrected chi connectivity index (χ1v) is 8.35. The van der Waals surface area contributed by atoms with Crippen molar-refractivity contribution in [1.82, 2.24) is 0 Å². The maximum absolute atomic E-state index is 11.1. The van der Waals surface area contributed by atoms with E-state index in [1.165, 1.54) is 12.2 Å². The molecule has 1 aromatic carbocycles. The monoisotopic (exact) mass is 323 g/mol. The number of aliphatic hydroxyl groups excluding tert-OH is 1. The van der Waals surface area contributed by atoms with Gasteiger partial charge in [-0.25, -0.2) is 4.57 Å². The average Bonchev–Trinajstić information content (AvgIpc) is 2.40. The summed E-state index contributed by atoms with van der Waals surface area (Å²) >= 11 is 0. The molecule has 1 aromatic rings. The molecule has 1 aliphatic carbocycles. The van der Waals surface area contributed by atoms with Crippen molar-refractivity contribution in [3.8, 4) is 5.75 Å². The summed E-state index contributed by atoms with van der Waals surface area (Å²) in [4.78, 5) is 18.0. The summed E-state index contributed by atoms with van der Waals surface area (Å²) in [5, 5.41) is 19.1. The second-order valence-electron chi connectivity index (χ2n) is 5.26. The van der Waals surface area contributed by atoms with Crippen LogP contribution in [0.3, 0.4) is 0 Å². The highest BCUT2D eigenvalue weighted by atomic mass is 31.2. The van der Waals surface area contributed by atoms with Crippen molar-refractivity contribution in [3.05, 3.63) is 53.3 Å². The molecule has 0 aromatic heterocycles. The highest BCUT2D eigenvalue weighted by Gasteiger charge is 2.20. The van der Waals surface area contributed by atoms with E-state index in [9.17, 15) is 14.8 Å². The van der Waals surface area contributed by atoms with Gasteiger partial charge in [0.1, 0.15) is 11.5 Å². The van der Waals surface area contributed by atoms with Gasteiger partial charge in [0, 0.05) is 6.42 Å². The SMILES string of the molecule is CC(CC1=CC(O)=CCC1=NP(=O)(O)O)c1cccc(O)c1. The number of hydrogen-bond donors (Lipinski definition) is 4. The van der Waals surface area contributed by atoms with Crippen LogP contribution in [0.2, 0.25) is 0 Å². The van der Waals surface area contributed by atoms with Crippen molar-refractivity contribution < 1.29 is 24.6 Å². The van der Waals surface area contributed by atoms with Crippen LogP contribution in [-0.4, -0.2) is 25.7 Å². The van der Waals surface area contributed by atoms with Crippen LogP contribution in [0.15, 0.2) is 52.5 Å². The van der Waals surface area contributed by atoms with Crippen LogP contribution >= 0.6 is 7.75 Å². The maximum Gasteiger partial charge on any atom is 0.448 e. The molecule has 6 nitrogen and oxygen atoms in total. The fourth-order valence-electron chi connectivity index (χ4n) is 2.37. The first kappa shape index (κ1) is 16.5. The first-order valence-electron chi connectivity index (χ1n) is 6.78. The van der Waals surface area contributed by atoms with Gasteiger partial charge in [0.05, 0.1) is 5.71 Å². The minimum absolute atomic E-state index is 0.00813. The maximum atomic E-state index is 11.1. The zero-order chi connectivity index (χ0) is 16.3. The number of benzene rings is 1. The van der Waals surface area contributed by atoms with Crippen LogP contribution in [0.25, 0.3) is 0 Å². The molecule has 0 saturated carbocycles. The molecule has 0 bridgehead atoms. The van der Waals surface area contributed by atoms with Crippen LogP contribution in [0.5, 0.6) is 5.75 Å². The quantitative estimate of drug-likeness (QED) is 0.636. The van der Waals surface area contributed by atoms with Gasteiger partial charge >= 0.3 is 7.75 Å². The van der Waals surface area contributed by atoms with Gasteiger partial charge in [0.15, 0.2) is 0 Å². The van der Waals surface area contributed by atoms with Gasteiger partial charge in [-0.3, -0.25) is 0 Å². The zero-order valence-corrected chi connectivity index (χ0v) is 12.9. The van der Waals surface area contributed by atoms with E-state index in [0.29, 0.717) is 12.0 Å². The molecule has 0 radical (unpaired) electrons. The predicted molar refractivity (Wildman–Crippen MR) is 84.0 cm³/mol. The number of allylic oxidation sites excluding steroid dienone is 3.